The molecule has 2 aromatic carbocycles. The first-order valence-electron chi connectivity index (χ1n) is 16.9. The number of benzene rings is 2. The summed E-state index contributed by atoms with van der Waals surface area (Å²) in [5.41, 5.74) is 4.73. The molecule has 9 heteroatoms. The van der Waals surface area contributed by atoms with E-state index in [1.165, 1.54) is 23.3 Å². The molecule has 1 fully saturated rings. The average Bonchev–Trinajstić information content (AvgIpc) is 3.57. The van der Waals surface area contributed by atoms with Gasteiger partial charge in [-0.2, -0.15) is 0 Å². The first-order valence-corrected chi connectivity index (χ1v) is 19.3. The van der Waals surface area contributed by atoms with Crippen molar-refractivity contribution < 1.29 is 24.3 Å². The van der Waals surface area contributed by atoms with Crippen molar-refractivity contribution in [1.82, 2.24) is 10.6 Å². The number of hydrogen-bond donors (Lipinski definition) is 3. The summed E-state index contributed by atoms with van der Waals surface area (Å²) in [6.07, 6.45) is 11.5. The minimum absolute atomic E-state index is 0.0338. The number of ketones is 1. The molecule has 2 amide bonds. The van der Waals surface area contributed by atoms with Gasteiger partial charge in [0.15, 0.2) is 5.78 Å². The molecule has 2 atom stereocenters. The van der Waals surface area contributed by atoms with E-state index >= 15 is 0 Å². The van der Waals surface area contributed by atoms with Crippen LogP contribution in [0.1, 0.15) is 129 Å². The average molecular weight is 679 g/mol. The summed E-state index contributed by atoms with van der Waals surface area (Å²) in [4.78, 5) is 49.6. The first kappa shape index (κ1) is 36.8. The number of nitrogens with one attached hydrogen (secondary N) is 2. The van der Waals surface area contributed by atoms with Crippen LogP contribution in [0.3, 0.4) is 0 Å². The van der Waals surface area contributed by atoms with Crippen LogP contribution in [0, 0.1) is 0 Å². The van der Waals surface area contributed by atoms with E-state index in [2.05, 4.69) is 50.5 Å². The number of rotatable bonds is 16. The van der Waals surface area contributed by atoms with E-state index in [1.54, 1.807) is 24.3 Å². The van der Waals surface area contributed by atoms with Gasteiger partial charge in [-0.1, -0.05) is 86.0 Å². The van der Waals surface area contributed by atoms with Crippen LogP contribution in [-0.2, 0) is 20.4 Å². The second-order valence-corrected chi connectivity index (χ2v) is 16.9. The summed E-state index contributed by atoms with van der Waals surface area (Å²) in [6, 6.07) is 12.3. The molecule has 7 nitrogen and oxygen atoms in total. The molecule has 47 heavy (non-hydrogen) atoms. The predicted molar refractivity (Wildman–Crippen MR) is 194 cm³/mol. The topological polar surface area (TPSA) is 113 Å². The van der Waals surface area contributed by atoms with Gasteiger partial charge in [-0.15, -0.1) is 0 Å². The number of carboxylic acids is 1. The van der Waals surface area contributed by atoms with Crippen molar-refractivity contribution >= 4 is 51.2 Å². The van der Waals surface area contributed by atoms with Crippen LogP contribution in [0.5, 0.6) is 0 Å². The largest absolute Gasteiger partial charge is 0.480 e. The second-order valence-electron chi connectivity index (χ2n) is 14.1. The van der Waals surface area contributed by atoms with Crippen molar-refractivity contribution in [2.45, 2.75) is 114 Å². The number of carboxylic acid groups (broad SMARTS) is 1. The number of hydrogen-bond acceptors (Lipinski definition) is 6. The van der Waals surface area contributed by atoms with Gasteiger partial charge in [0, 0.05) is 35.1 Å². The van der Waals surface area contributed by atoms with Gasteiger partial charge in [0.05, 0.1) is 0 Å². The normalized spacial score (nSPS) is 18.8. The van der Waals surface area contributed by atoms with E-state index in [-0.39, 0.29) is 28.4 Å². The summed E-state index contributed by atoms with van der Waals surface area (Å²) in [5.74, 6) is -0.313. The van der Waals surface area contributed by atoms with Gasteiger partial charge in [-0.3, -0.25) is 14.4 Å². The van der Waals surface area contributed by atoms with Crippen LogP contribution in [0.25, 0.3) is 6.08 Å². The van der Waals surface area contributed by atoms with E-state index in [0.29, 0.717) is 48.6 Å². The smallest absolute Gasteiger partial charge is 0.326 e. The standard InChI is InChI=1S/C38H50N2O5S2/c1-37(2)21-22-38(3,4)31-25-28(17-18-30(31)37)33(41)19-14-26-12-15-27(16-13-26)35(43)39-23-8-7-10-32(36(44)45)40-34(42)11-6-5-9-29-20-24-46-47-29/h12-19,25,29,32H,5-11,20-24H2,1-4H3,(H,39,43)(H,40,42)(H,44,45)/t29-,32?/m1/s1. The van der Waals surface area contributed by atoms with Gasteiger partial charge in [0.2, 0.25) is 5.91 Å². The van der Waals surface area contributed by atoms with Crippen molar-refractivity contribution in [1.29, 1.82) is 0 Å². The quantitative estimate of drug-likeness (QED) is 0.0712. The first-order chi connectivity index (χ1) is 22.4. The SMILES string of the molecule is CC1(C)CCC(C)(C)c2cc(C(=O)C=Cc3ccc(C(=O)NCCCCC(NC(=O)CCCC[C@@H]4CCSS4)C(=O)O)cc3)ccc21. The zero-order valence-corrected chi connectivity index (χ0v) is 29.9. The van der Waals surface area contributed by atoms with Gasteiger partial charge in [0.1, 0.15) is 6.04 Å². The van der Waals surface area contributed by atoms with Gasteiger partial charge in [-0.05, 0) is 103 Å². The van der Waals surface area contributed by atoms with Gasteiger partial charge < -0.3 is 15.7 Å². The molecule has 3 N–H and O–H groups in total. The summed E-state index contributed by atoms with van der Waals surface area (Å²) in [6.45, 7) is 9.44. The Hall–Kier alpha value is -3.04. The van der Waals surface area contributed by atoms with Crippen LogP contribution in [0.4, 0.5) is 0 Å². The molecular weight excluding hydrogens is 629 g/mol. The van der Waals surface area contributed by atoms with Gasteiger partial charge >= 0.3 is 5.97 Å². The fourth-order valence-corrected chi connectivity index (χ4v) is 9.31. The van der Waals surface area contributed by atoms with Crippen LogP contribution in [-0.4, -0.2) is 52.3 Å². The number of aliphatic carboxylic acids is 1. The lowest BCUT2D eigenvalue weighted by Crippen LogP contribution is -2.40. The Balaban J connectivity index is 1.17. The Morgan fingerprint density at radius 2 is 1.62 bits per heavy atom. The molecular formula is C38H50N2O5S2. The molecule has 254 valence electrons. The highest BCUT2D eigenvalue weighted by molar-refractivity contribution is 8.77. The fourth-order valence-electron chi connectivity index (χ4n) is 6.28. The highest BCUT2D eigenvalue weighted by Crippen LogP contribution is 2.46. The van der Waals surface area contributed by atoms with Crippen molar-refractivity contribution in [3.05, 3.63) is 76.4 Å². The minimum Gasteiger partial charge on any atom is -0.480 e. The third kappa shape index (κ3) is 10.7. The summed E-state index contributed by atoms with van der Waals surface area (Å²) >= 11 is 0. The van der Waals surface area contributed by atoms with Crippen LogP contribution < -0.4 is 10.6 Å². The van der Waals surface area contributed by atoms with Crippen molar-refractivity contribution in [2.24, 2.45) is 0 Å². The van der Waals surface area contributed by atoms with Crippen LogP contribution in [0.2, 0.25) is 0 Å². The van der Waals surface area contributed by atoms with E-state index in [1.807, 2.05) is 39.8 Å². The zero-order valence-electron chi connectivity index (χ0n) is 28.2. The van der Waals surface area contributed by atoms with Crippen molar-refractivity contribution in [3.63, 3.8) is 0 Å². The Labute approximate surface area is 287 Å². The van der Waals surface area contributed by atoms with Crippen LogP contribution in [0.15, 0.2) is 48.5 Å². The molecule has 0 radical (unpaired) electrons. The van der Waals surface area contributed by atoms with Gasteiger partial charge in [-0.25, -0.2) is 4.79 Å². The molecule has 0 aromatic heterocycles. The summed E-state index contributed by atoms with van der Waals surface area (Å²) < 4.78 is 0. The maximum Gasteiger partial charge on any atom is 0.326 e. The molecule has 0 spiro atoms. The number of carbonyl (C=O) groups is 4. The molecule has 1 saturated heterocycles. The third-order valence-electron chi connectivity index (χ3n) is 9.48. The molecule has 0 bridgehead atoms. The van der Waals surface area contributed by atoms with Crippen LogP contribution >= 0.6 is 21.6 Å². The maximum absolute atomic E-state index is 13.0. The van der Waals surface area contributed by atoms with E-state index in [4.69, 9.17) is 0 Å². The molecule has 2 aromatic rings. The van der Waals surface area contributed by atoms with Gasteiger partial charge in [0.25, 0.3) is 5.91 Å². The van der Waals surface area contributed by atoms with Crippen molar-refractivity contribution in [3.8, 4) is 0 Å². The van der Waals surface area contributed by atoms with E-state index < -0.39 is 12.0 Å². The fraction of sp³-hybridized carbons (Fsp3) is 0.526. The van der Waals surface area contributed by atoms with E-state index in [0.717, 1.165) is 37.7 Å². The summed E-state index contributed by atoms with van der Waals surface area (Å²) in [5, 5.41) is 15.8. The number of allylic oxidation sites excluding steroid dienone is 1. The molecule has 1 heterocycles. The number of amides is 2. The Bertz CT molecular complexity index is 1440. The molecule has 2 aliphatic rings. The lowest BCUT2D eigenvalue weighted by molar-refractivity contribution is -0.142. The molecule has 1 aliphatic heterocycles. The number of unbranched alkanes of at least 4 members (excludes halogenated alkanes) is 2. The lowest BCUT2D eigenvalue weighted by Gasteiger charge is -2.42. The van der Waals surface area contributed by atoms with E-state index in [9.17, 15) is 24.3 Å². The maximum atomic E-state index is 13.0. The molecule has 0 saturated carbocycles. The minimum atomic E-state index is -1.03. The molecule has 1 unspecified atom stereocenters. The Kier molecular flexibility index (Phi) is 13.2. The second kappa shape index (κ2) is 16.9. The molecule has 1 aliphatic carbocycles. The highest BCUT2D eigenvalue weighted by Gasteiger charge is 2.37. The predicted octanol–water partition coefficient (Wildman–Crippen LogP) is 8.12. The third-order valence-corrected chi connectivity index (χ3v) is 12.5. The zero-order chi connectivity index (χ0) is 34.0. The monoisotopic (exact) mass is 678 g/mol. The lowest BCUT2D eigenvalue weighted by atomic mass is 9.63. The molecule has 4 rings (SSSR count). The highest BCUT2D eigenvalue weighted by atomic mass is 33.1. The number of carbonyl (C=O) groups excluding carboxylic acids is 3. The number of fused-ring (bicyclic) bond motifs is 1. The Morgan fingerprint density at radius 3 is 2.30 bits per heavy atom. The summed E-state index contributed by atoms with van der Waals surface area (Å²) in [7, 11) is 3.85. The Morgan fingerprint density at radius 1 is 0.915 bits per heavy atom. The van der Waals surface area contributed by atoms with Crippen molar-refractivity contribution in [2.75, 3.05) is 12.3 Å².